The zero-order valence-electron chi connectivity index (χ0n) is 22.7. The van der Waals surface area contributed by atoms with Gasteiger partial charge in [0.05, 0.1) is 12.8 Å². The molecule has 4 aromatic rings. The Morgan fingerprint density at radius 3 is 2.15 bits per heavy atom. The molecule has 40 heavy (non-hydrogen) atoms. The predicted molar refractivity (Wildman–Crippen MR) is 162 cm³/mol. The Morgan fingerprint density at radius 1 is 0.825 bits per heavy atom. The maximum Gasteiger partial charge on any atom is 0.250 e. The van der Waals surface area contributed by atoms with Gasteiger partial charge in [0, 0.05) is 53.9 Å². The summed E-state index contributed by atoms with van der Waals surface area (Å²) in [6.07, 6.45) is 11.1. The highest BCUT2D eigenvalue weighted by Gasteiger charge is 2.20. The van der Waals surface area contributed by atoms with E-state index in [2.05, 4.69) is 43.2 Å². The van der Waals surface area contributed by atoms with Crippen LogP contribution in [0, 0.1) is 0 Å². The third-order valence-corrected chi connectivity index (χ3v) is 7.74. The molecule has 6 rings (SSSR count). The fourth-order valence-corrected chi connectivity index (χ4v) is 5.52. The zero-order valence-corrected chi connectivity index (χ0v) is 23.4. The van der Waals surface area contributed by atoms with Crippen molar-refractivity contribution >= 4 is 46.6 Å². The third-order valence-electron chi connectivity index (χ3n) is 7.49. The lowest BCUT2D eigenvalue weighted by Gasteiger charge is -2.30. The highest BCUT2D eigenvalue weighted by atomic mass is 35.5. The highest BCUT2D eigenvalue weighted by Crippen LogP contribution is 2.24. The van der Waals surface area contributed by atoms with Gasteiger partial charge in [-0.1, -0.05) is 29.8 Å². The van der Waals surface area contributed by atoms with Crippen LogP contribution in [0.5, 0.6) is 5.75 Å². The number of para-hydroxylation sites is 1. The molecule has 208 valence electrons. The van der Waals surface area contributed by atoms with E-state index in [0.717, 1.165) is 60.3 Å². The maximum absolute atomic E-state index is 5.98. The molecule has 4 heterocycles. The number of piperidine rings is 2. The number of aromatic nitrogens is 4. The summed E-state index contributed by atoms with van der Waals surface area (Å²) in [5.41, 5.74) is 5.24. The second-order valence-electron chi connectivity index (χ2n) is 10.3. The lowest BCUT2D eigenvalue weighted by Crippen LogP contribution is -2.34. The van der Waals surface area contributed by atoms with Crippen LogP contribution < -0.4 is 20.0 Å². The number of hydrogen-bond donors (Lipinski definition) is 1. The van der Waals surface area contributed by atoms with Gasteiger partial charge >= 0.3 is 0 Å². The molecule has 9 nitrogen and oxygen atoms in total. The summed E-state index contributed by atoms with van der Waals surface area (Å²) in [5, 5.41) is 6.38. The van der Waals surface area contributed by atoms with E-state index in [1.807, 2.05) is 42.6 Å². The molecule has 0 radical (unpaired) electrons. The quantitative estimate of drug-likeness (QED) is 0.200. The molecule has 0 amide bonds. The minimum Gasteiger partial charge on any atom is -0.492 e. The predicted octanol–water partition coefficient (Wildman–Crippen LogP) is 5.99. The second kappa shape index (κ2) is 12.6. The number of ether oxygens (including phenoxy) is 1. The average Bonchev–Trinajstić information content (AvgIpc) is 3.36. The van der Waals surface area contributed by atoms with Gasteiger partial charge in [0.2, 0.25) is 17.8 Å². The fourth-order valence-electron chi connectivity index (χ4n) is 5.39. The molecule has 2 fully saturated rings. The van der Waals surface area contributed by atoms with Gasteiger partial charge in [0.25, 0.3) is 0 Å². The van der Waals surface area contributed by atoms with Gasteiger partial charge in [-0.25, -0.2) is 5.43 Å². The van der Waals surface area contributed by atoms with Gasteiger partial charge in [-0.3, -0.25) is 0 Å². The van der Waals surface area contributed by atoms with Gasteiger partial charge in [0.15, 0.2) is 0 Å². The molecule has 0 atom stereocenters. The molecular weight excluding hydrogens is 524 g/mol. The van der Waals surface area contributed by atoms with Crippen LogP contribution in [0.2, 0.25) is 5.02 Å². The molecule has 10 heteroatoms. The van der Waals surface area contributed by atoms with Crippen molar-refractivity contribution in [3.8, 4) is 5.75 Å². The Labute approximate surface area is 239 Å². The Hall–Kier alpha value is -3.85. The Balaban J connectivity index is 1.19. The van der Waals surface area contributed by atoms with Crippen LogP contribution in [0.1, 0.15) is 44.1 Å². The summed E-state index contributed by atoms with van der Waals surface area (Å²) in [7, 11) is 0. The standard InChI is InChI=1S/C30H35ClN8O/c31-24-11-13-25(14-12-24)40-20-19-39-22-23(26-9-3-4-10-27(26)39)21-32-36-28-33-29(37-15-5-1-6-16-37)35-30(34-28)38-17-7-2-8-18-38/h3-4,9-14,21-22H,1-2,5-8,15-20H2,(H,33,34,35,36). The van der Waals surface area contributed by atoms with Gasteiger partial charge in [-0.05, 0) is 68.9 Å². The number of halogens is 1. The van der Waals surface area contributed by atoms with Crippen LogP contribution in [0.4, 0.5) is 17.8 Å². The number of nitrogens with zero attached hydrogens (tertiary/aromatic N) is 7. The van der Waals surface area contributed by atoms with Crippen molar-refractivity contribution in [2.75, 3.05) is 48.0 Å². The third kappa shape index (κ3) is 6.31. The number of nitrogens with one attached hydrogen (secondary N) is 1. The zero-order chi connectivity index (χ0) is 27.1. The Morgan fingerprint density at radius 2 is 1.48 bits per heavy atom. The van der Waals surface area contributed by atoms with Crippen molar-refractivity contribution in [3.05, 3.63) is 65.3 Å². The lowest BCUT2D eigenvalue weighted by atomic mass is 10.1. The molecule has 2 saturated heterocycles. The second-order valence-corrected chi connectivity index (χ2v) is 10.8. The maximum atomic E-state index is 5.98. The number of hydrazone groups is 1. The Kier molecular flexibility index (Phi) is 8.28. The molecule has 2 aromatic carbocycles. The van der Waals surface area contributed by atoms with E-state index in [9.17, 15) is 0 Å². The molecule has 0 aliphatic carbocycles. The van der Waals surface area contributed by atoms with E-state index in [1.165, 1.54) is 38.5 Å². The van der Waals surface area contributed by atoms with Crippen molar-refractivity contribution in [3.63, 3.8) is 0 Å². The summed E-state index contributed by atoms with van der Waals surface area (Å²) in [4.78, 5) is 18.9. The molecule has 0 spiro atoms. The molecule has 0 saturated carbocycles. The SMILES string of the molecule is Clc1ccc(OCCn2cc(C=NNc3nc(N4CCCCC4)nc(N4CCCCC4)n3)c3ccccc32)cc1. The lowest BCUT2D eigenvalue weighted by molar-refractivity contribution is 0.300. The number of hydrogen-bond acceptors (Lipinski definition) is 8. The highest BCUT2D eigenvalue weighted by molar-refractivity contribution is 6.30. The summed E-state index contributed by atoms with van der Waals surface area (Å²) < 4.78 is 8.12. The molecule has 0 bridgehead atoms. The number of fused-ring (bicyclic) bond motifs is 1. The fraction of sp³-hybridized carbons (Fsp3) is 0.400. The first-order valence-corrected chi connectivity index (χ1v) is 14.6. The van der Waals surface area contributed by atoms with Crippen molar-refractivity contribution in [2.45, 2.75) is 45.1 Å². The van der Waals surface area contributed by atoms with Crippen LogP contribution in [0.15, 0.2) is 59.8 Å². The van der Waals surface area contributed by atoms with E-state index in [-0.39, 0.29) is 0 Å². The summed E-state index contributed by atoms with van der Waals surface area (Å²) in [6.45, 7) is 5.16. The smallest absolute Gasteiger partial charge is 0.250 e. The van der Waals surface area contributed by atoms with E-state index >= 15 is 0 Å². The van der Waals surface area contributed by atoms with Crippen LogP contribution in [0.3, 0.4) is 0 Å². The van der Waals surface area contributed by atoms with Crippen LogP contribution in [-0.4, -0.2) is 58.5 Å². The van der Waals surface area contributed by atoms with Crippen LogP contribution in [0.25, 0.3) is 10.9 Å². The first kappa shape index (κ1) is 26.4. The van der Waals surface area contributed by atoms with Gasteiger partial charge < -0.3 is 19.1 Å². The summed E-state index contributed by atoms with van der Waals surface area (Å²) in [6, 6.07) is 15.8. The largest absolute Gasteiger partial charge is 0.492 e. The van der Waals surface area contributed by atoms with Crippen molar-refractivity contribution in [1.29, 1.82) is 0 Å². The monoisotopic (exact) mass is 558 g/mol. The molecule has 2 aromatic heterocycles. The summed E-state index contributed by atoms with van der Waals surface area (Å²) in [5.74, 6) is 2.76. The van der Waals surface area contributed by atoms with Crippen LogP contribution in [-0.2, 0) is 6.54 Å². The van der Waals surface area contributed by atoms with Gasteiger partial charge in [0.1, 0.15) is 12.4 Å². The van der Waals surface area contributed by atoms with Crippen LogP contribution >= 0.6 is 11.6 Å². The Bertz CT molecular complexity index is 1410. The van der Waals surface area contributed by atoms with Gasteiger partial charge in [-0.15, -0.1) is 0 Å². The molecule has 2 aliphatic heterocycles. The van der Waals surface area contributed by atoms with E-state index in [1.54, 1.807) is 0 Å². The first-order valence-electron chi connectivity index (χ1n) is 14.2. The summed E-state index contributed by atoms with van der Waals surface area (Å²) >= 11 is 5.98. The topological polar surface area (TPSA) is 83.7 Å². The van der Waals surface area contributed by atoms with E-state index in [0.29, 0.717) is 24.1 Å². The van der Waals surface area contributed by atoms with Crippen molar-refractivity contribution in [1.82, 2.24) is 19.5 Å². The minimum absolute atomic E-state index is 0.479. The number of benzene rings is 2. The molecular formula is C30H35ClN8O. The van der Waals surface area contributed by atoms with Crippen molar-refractivity contribution in [2.24, 2.45) is 5.10 Å². The van der Waals surface area contributed by atoms with Crippen molar-refractivity contribution < 1.29 is 4.74 Å². The number of rotatable bonds is 9. The normalized spacial score (nSPS) is 16.1. The number of anilines is 3. The average molecular weight is 559 g/mol. The molecule has 0 unspecified atom stereocenters. The first-order chi connectivity index (χ1) is 19.7. The molecule has 2 aliphatic rings. The van der Waals surface area contributed by atoms with Gasteiger partial charge in [-0.2, -0.15) is 20.1 Å². The van der Waals surface area contributed by atoms with E-state index in [4.69, 9.17) is 31.3 Å². The van der Waals surface area contributed by atoms with E-state index < -0.39 is 0 Å². The minimum atomic E-state index is 0.479. The molecule has 1 N–H and O–H groups in total.